The van der Waals surface area contributed by atoms with Crippen LogP contribution < -0.4 is 5.56 Å². The summed E-state index contributed by atoms with van der Waals surface area (Å²) in [5.74, 6) is 0. The van der Waals surface area contributed by atoms with Crippen LogP contribution in [0, 0.1) is 6.92 Å². The SMILES string of the molecule is Cc1ccc2ncn(Cc3csc(Cc4ccc(Cl)cc4)n3)c(=O)c2c1. The minimum Gasteiger partial charge on any atom is -0.293 e. The third-order valence-electron chi connectivity index (χ3n) is 4.18. The van der Waals surface area contributed by atoms with Crippen LogP contribution in [0.25, 0.3) is 10.9 Å². The molecule has 26 heavy (non-hydrogen) atoms. The molecular weight excluding hydrogens is 366 g/mol. The van der Waals surface area contributed by atoms with Crippen molar-refractivity contribution in [3.8, 4) is 0 Å². The van der Waals surface area contributed by atoms with Crippen LogP contribution in [-0.4, -0.2) is 14.5 Å². The van der Waals surface area contributed by atoms with Crippen LogP contribution in [0.4, 0.5) is 0 Å². The maximum atomic E-state index is 12.7. The van der Waals surface area contributed by atoms with Gasteiger partial charge in [0.1, 0.15) is 0 Å². The third-order valence-corrected chi connectivity index (χ3v) is 5.33. The van der Waals surface area contributed by atoms with E-state index in [9.17, 15) is 4.79 Å². The summed E-state index contributed by atoms with van der Waals surface area (Å²) in [5, 5.41) is 4.38. The van der Waals surface area contributed by atoms with Gasteiger partial charge >= 0.3 is 0 Å². The summed E-state index contributed by atoms with van der Waals surface area (Å²) in [7, 11) is 0. The number of aromatic nitrogens is 3. The number of fused-ring (bicyclic) bond motifs is 1. The maximum Gasteiger partial charge on any atom is 0.261 e. The average Bonchev–Trinajstić information content (AvgIpc) is 3.07. The summed E-state index contributed by atoms with van der Waals surface area (Å²) in [5.41, 5.74) is 3.77. The van der Waals surface area contributed by atoms with Crippen LogP contribution in [0.5, 0.6) is 0 Å². The van der Waals surface area contributed by atoms with Crippen molar-refractivity contribution < 1.29 is 0 Å². The predicted molar refractivity (Wildman–Crippen MR) is 106 cm³/mol. The van der Waals surface area contributed by atoms with Crippen molar-refractivity contribution in [2.45, 2.75) is 19.9 Å². The van der Waals surface area contributed by atoms with E-state index in [-0.39, 0.29) is 5.56 Å². The molecular formula is C20H16ClN3OS. The predicted octanol–water partition coefficient (Wildman–Crippen LogP) is 4.45. The molecule has 0 N–H and O–H groups in total. The second-order valence-corrected chi connectivity index (χ2v) is 7.61. The van der Waals surface area contributed by atoms with Gasteiger partial charge in [-0.15, -0.1) is 11.3 Å². The molecule has 4 rings (SSSR count). The average molecular weight is 382 g/mol. The summed E-state index contributed by atoms with van der Waals surface area (Å²) >= 11 is 7.52. The van der Waals surface area contributed by atoms with E-state index in [1.807, 2.05) is 54.8 Å². The number of benzene rings is 2. The highest BCUT2D eigenvalue weighted by molar-refractivity contribution is 7.09. The Bertz CT molecular complexity index is 1130. The quantitative estimate of drug-likeness (QED) is 0.524. The monoisotopic (exact) mass is 381 g/mol. The van der Waals surface area contributed by atoms with Crippen molar-refractivity contribution in [2.75, 3.05) is 0 Å². The van der Waals surface area contributed by atoms with Gasteiger partial charge in [-0.05, 0) is 36.8 Å². The minimum absolute atomic E-state index is 0.0362. The Morgan fingerprint density at radius 2 is 1.96 bits per heavy atom. The van der Waals surface area contributed by atoms with Gasteiger partial charge in [0.2, 0.25) is 0 Å². The first-order chi connectivity index (χ1) is 12.6. The molecule has 2 aromatic heterocycles. The fraction of sp³-hybridized carbons (Fsp3) is 0.150. The lowest BCUT2D eigenvalue weighted by atomic mass is 10.2. The highest BCUT2D eigenvalue weighted by Crippen LogP contribution is 2.17. The number of hydrogen-bond acceptors (Lipinski definition) is 4. The van der Waals surface area contributed by atoms with E-state index >= 15 is 0 Å². The number of thiazole rings is 1. The number of halogens is 1. The van der Waals surface area contributed by atoms with E-state index in [0.717, 1.165) is 38.8 Å². The van der Waals surface area contributed by atoms with Crippen molar-refractivity contribution in [1.29, 1.82) is 0 Å². The van der Waals surface area contributed by atoms with Crippen molar-refractivity contribution in [3.05, 3.63) is 91.4 Å². The molecule has 0 aliphatic heterocycles. The zero-order chi connectivity index (χ0) is 18.1. The van der Waals surface area contributed by atoms with Crippen molar-refractivity contribution >= 4 is 33.8 Å². The molecule has 4 aromatic rings. The van der Waals surface area contributed by atoms with Gasteiger partial charge in [0.25, 0.3) is 5.56 Å². The second-order valence-electron chi connectivity index (χ2n) is 6.23. The molecule has 0 unspecified atom stereocenters. The largest absolute Gasteiger partial charge is 0.293 e. The molecule has 0 fully saturated rings. The Morgan fingerprint density at radius 1 is 1.15 bits per heavy atom. The lowest BCUT2D eigenvalue weighted by molar-refractivity contribution is 0.731. The first kappa shape index (κ1) is 16.9. The van der Waals surface area contributed by atoms with Crippen molar-refractivity contribution in [1.82, 2.24) is 14.5 Å². The van der Waals surface area contributed by atoms with Gasteiger partial charge in [-0.25, -0.2) is 9.97 Å². The maximum absolute atomic E-state index is 12.7. The summed E-state index contributed by atoms with van der Waals surface area (Å²) in [6, 6.07) is 13.5. The molecule has 0 amide bonds. The third kappa shape index (κ3) is 3.54. The molecule has 130 valence electrons. The number of hydrogen-bond donors (Lipinski definition) is 0. The van der Waals surface area contributed by atoms with Crippen LogP contribution in [0.1, 0.15) is 21.8 Å². The fourth-order valence-electron chi connectivity index (χ4n) is 2.84. The molecule has 0 spiro atoms. The van der Waals surface area contributed by atoms with E-state index in [4.69, 9.17) is 11.6 Å². The first-order valence-electron chi connectivity index (χ1n) is 8.22. The van der Waals surface area contributed by atoms with Gasteiger partial charge in [-0.1, -0.05) is 35.4 Å². The molecule has 0 aliphatic carbocycles. The Balaban J connectivity index is 1.57. The highest BCUT2D eigenvalue weighted by atomic mass is 35.5. The van der Waals surface area contributed by atoms with Gasteiger partial charge in [0.05, 0.1) is 34.5 Å². The van der Waals surface area contributed by atoms with E-state index < -0.39 is 0 Å². The summed E-state index contributed by atoms with van der Waals surface area (Å²) in [6.45, 7) is 2.40. The molecule has 0 saturated carbocycles. The van der Waals surface area contributed by atoms with Gasteiger partial charge in [-0.2, -0.15) is 0 Å². The van der Waals surface area contributed by atoms with E-state index in [0.29, 0.717) is 11.9 Å². The summed E-state index contributed by atoms with van der Waals surface area (Å²) < 4.78 is 1.61. The minimum atomic E-state index is -0.0362. The number of aryl methyl sites for hydroxylation is 1. The van der Waals surface area contributed by atoms with Crippen LogP contribution in [0.15, 0.2) is 59.0 Å². The standard InChI is InChI=1S/C20H16ClN3OS/c1-13-2-7-18-17(8-13)20(25)24(12-22-18)10-16-11-26-19(23-16)9-14-3-5-15(21)6-4-14/h2-8,11-12H,9-10H2,1H3. The number of rotatable bonds is 4. The molecule has 2 heterocycles. The summed E-state index contributed by atoms with van der Waals surface area (Å²) in [6.07, 6.45) is 2.35. The van der Waals surface area contributed by atoms with E-state index in [2.05, 4.69) is 9.97 Å². The van der Waals surface area contributed by atoms with Crippen LogP contribution in [0.2, 0.25) is 5.02 Å². The molecule has 0 aliphatic rings. The second kappa shape index (κ2) is 7.02. The first-order valence-corrected chi connectivity index (χ1v) is 9.48. The van der Waals surface area contributed by atoms with Crippen LogP contribution in [-0.2, 0) is 13.0 Å². The lowest BCUT2D eigenvalue weighted by Crippen LogP contribution is -2.21. The molecule has 6 heteroatoms. The molecule has 0 radical (unpaired) electrons. The van der Waals surface area contributed by atoms with E-state index in [1.165, 1.54) is 0 Å². The van der Waals surface area contributed by atoms with Crippen LogP contribution >= 0.6 is 22.9 Å². The van der Waals surface area contributed by atoms with Crippen LogP contribution in [0.3, 0.4) is 0 Å². The molecule has 0 atom stereocenters. The Hall–Kier alpha value is -2.50. The molecule has 0 saturated heterocycles. The lowest BCUT2D eigenvalue weighted by Gasteiger charge is -2.05. The van der Waals surface area contributed by atoms with Gasteiger partial charge in [0, 0.05) is 16.8 Å². The van der Waals surface area contributed by atoms with Crippen molar-refractivity contribution in [2.24, 2.45) is 0 Å². The summed E-state index contributed by atoms with van der Waals surface area (Å²) in [4.78, 5) is 21.7. The smallest absolute Gasteiger partial charge is 0.261 e. The zero-order valence-corrected chi connectivity index (χ0v) is 15.7. The Morgan fingerprint density at radius 3 is 2.77 bits per heavy atom. The molecule has 4 nitrogen and oxygen atoms in total. The van der Waals surface area contributed by atoms with E-state index in [1.54, 1.807) is 22.2 Å². The Labute approximate surface area is 159 Å². The van der Waals surface area contributed by atoms with Gasteiger partial charge in [0.15, 0.2) is 0 Å². The van der Waals surface area contributed by atoms with Gasteiger partial charge < -0.3 is 0 Å². The fourth-order valence-corrected chi connectivity index (χ4v) is 3.78. The topological polar surface area (TPSA) is 47.8 Å². The van der Waals surface area contributed by atoms with Crippen molar-refractivity contribution in [3.63, 3.8) is 0 Å². The highest BCUT2D eigenvalue weighted by Gasteiger charge is 2.08. The molecule has 0 bridgehead atoms. The number of nitrogens with zero attached hydrogens (tertiary/aromatic N) is 3. The normalized spacial score (nSPS) is 11.2. The molecule has 2 aromatic carbocycles. The van der Waals surface area contributed by atoms with Gasteiger partial charge in [-0.3, -0.25) is 9.36 Å². The Kier molecular flexibility index (Phi) is 4.57. The zero-order valence-electron chi connectivity index (χ0n) is 14.1.